The molecule has 6 heterocycles. The molecular formula is C29H33ClN10O4. The standard InChI is InChI=1S/C29H33ClN10O4/c1-29(2,3)44-28(42)40-13-16-8-17(40)12-39(16)26-19(30)7-15(9-33-26)35-25-23(27(41)43-6)36-22(24(31-4)37-25)18-10-32-11-20-21(18)34-14-38(20)5/h7,9-11,14,16-17H,8,12-13H2,1-6H3,(H2,31,35,37)/t16-,17-/m1/s1. The van der Waals surface area contributed by atoms with Crippen LogP contribution in [0.3, 0.4) is 0 Å². The third-order valence-electron chi connectivity index (χ3n) is 7.63. The van der Waals surface area contributed by atoms with Crippen LogP contribution in [0.25, 0.3) is 22.3 Å². The van der Waals surface area contributed by atoms with E-state index < -0.39 is 11.6 Å². The highest BCUT2D eigenvalue weighted by Gasteiger charge is 2.47. The molecule has 2 saturated heterocycles. The quantitative estimate of drug-likeness (QED) is 0.296. The first-order valence-electron chi connectivity index (χ1n) is 14.1. The topological polar surface area (TPSA) is 153 Å². The SMILES string of the molecule is CNc1nc(Nc2cnc(N3C[C@H]4C[C@@H]3CN4C(=O)OC(C)(C)C)c(Cl)c2)c(C(=O)OC)nc1-c1cncc2c1ncn2C. The van der Waals surface area contributed by atoms with Gasteiger partial charge in [0.15, 0.2) is 17.3 Å². The summed E-state index contributed by atoms with van der Waals surface area (Å²) in [7, 11) is 4.86. The number of likely N-dealkylation sites (tertiary alicyclic amines) is 1. The molecule has 1 amide bonds. The van der Waals surface area contributed by atoms with Crippen LogP contribution < -0.4 is 15.5 Å². The van der Waals surface area contributed by atoms with Crippen LogP contribution in [0.5, 0.6) is 0 Å². The number of carbonyl (C=O) groups excluding carboxylic acids is 2. The lowest BCUT2D eigenvalue weighted by molar-refractivity contribution is 0.0214. The van der Waals surface area contributed by atoms with Crippen LogP contribution in [0, 0.1) is 0 Å². The number of nitrogens with one attached hydrogen (secondary N) is 2. The molecule has 0 radical (unpaired) electrons. The maximum absolute atomic E-state index is 12.9. The van der Waals surface area contributed by atoms with Crippen molar-refractivity contribution in [3.63, 3.8) is 0 Å². The summed E-state index contributed by atoms with van der Waals surface area (Å²) in [5.74, 6) is 0.502. The lowest BCUT2D eigenvalue weighted by atomic mass is 10.1. The Bertz CT molecular complexity index is 1770. The number of nitrogens with zero attached hydrogens (tertiary/aromatic N) is 8. The van der Waals surface area contributed by atoms with Gasteiger partial charge in [0.25, 0.3) is 0 Å². The number of hydrogen-bond acceptors (Lipinski definition) is 12. The minimum Gasteiger partial charge on any atom is -0.464 e. The molecule has 0 aliphatic carbocycles. The van der Waals surface area contributed by atoms with Crippen LogP contribution in [0.4, 0.5) is 27.9 Å². The smallest absolute Gasteiger partial charge is 0.410 e. The van der Waals surface area contributed by atoms with Crippen LogP contribution >= 0.6 is 11.6 Å². The summed E-state index contributed by atoms with van der Waals surface area (Å²) in [5.41, 5.74) is 2.39. The number of aryl methyl sites for hydroxylation is 1. The summed E-state index contributed by atoms with van der Waals surface area (Å²) in [6, 6.07) is 1.82. The van der Waals surface area contributed by atoms with E-state index in [9.17, 15) is 9.59 Å². The summed E-state index contributed by atoms with van der Waals surface area (Å²) in [6.45, 7) is 6.72. The second kappa shape index (κ2) is 11.1. The fourth-order valence-electron chi connectivity index (χ4n) is 5.66. The van der Waals surface area contributed by atoms with Crippen molar-refractivity contribution in [2.75, 3.05) is 42.8 Å². The van der Waals surface area contributed by atoms with Gasteiger partial charge >= 0.3 is 12.1 Å². The number of aromatic nitrogens is 6. The third-order valence-corrected chi connectivity index (χ3v) is 7.91. The van der Waals surface area contributed by atoms with Gasteiger partial charge in [-0.15, -0.1) is 0 Å². The predicted octanol–water partition coefficient (Wildman–Crippen LogP) is 4.24. The molecule has 0 aromatic carbocycles. The van der Waals surface area contributed by atoms with E-state index in [1.165, 1.54) is 7.11 Å². The van der Waals surface area contributed by atoms with E-state index in [2.05, 4.69) is 40.5 Å². The fraction of sp³-hybridized carbons (Fsp3) is 0.414. The van der Waals surface area contributed by atoms with Gasteiger partial charge in [-0.05, 0) is 33.3 Å². The number of amides is 1. The number of esters is 1. The van der Waals surface area contributed by atoms with Crippen LogP contribution in [-0.4, -0.2) is 91.4 Å². The van der Waals surface area contributed by atoms with Crippen molar-refractivity contribution >= 4 is 57.8 Å². The molecule has 6 rings (SSSR count). The minimum atomic E-state index is -0.677. The van der Waals surface area contributed by atoms with Crippen LogP contribution in [0.15, 0.2) is 31.0 Å². The zero-order valence-electron chi connectivity index (χ0n) is 25.3. The van der Waals surface area contributed by atoms with E-state index in [-0.39, 0.29) is 29.7 Å². The van der Waals surface area contributed by atoms with Gasteiger partial charge in [-0.1, -0.05) is 11.6 Å². The molecule has 44 heavy (non-hydrogen) atoms. The van der Waals surface area contributed by atoms with Crippen LogP contribution in [0.2, 0.25) is 5.02 Å². The number of fused-ring (bicyclic) bond motifs is 3. The molecule has 15 heteroatoms. The molecule has 0 saturated carbocycles. The van der Waals surface area contributed by atoms with Crippen molar-refractivity contribution in [3.05, 3.63) is 41.7 Å². The van der Waals surface area contributed by atoms with Gasteiger partial charge in [0.2, 0.25) is 0 Å². The number of anilines is 4. The lowest BCUT2D eigenvalue weighted by Gasteiger charge is -2.36. The maximum atomic E-state index is 12.9. The van der Waals surface area contributed by atoms with Gasteiger partial charge in [-0.3, -0.25) is 4.98 Å². The van der Waals surface area contributed by atoms with Gasteiger partial charge in [0.1, 0.15) is 22.6 Å². The summed E-state index contributed by atoms with van der Waals surface area (Å²) in [5, 5.41) is 6.61. The molecule has 2 fully saturated rings. The Morgan fingerprint density at radius 3 is 2.52 bits per heavy atom. The molecule has 2 N–H and O–H groups in total. The van der Waals surface area contributed by atoms with Crippen LogP contribution in [0.1, 0.15) is 37.7 Å². The summed E-state index contributed by atoms with van der Waals surface area (Å²) >= 11 is 6.74. The molecule has 2 atom stereocenters. The Hall–Kier alpha value is -4.72. The van der Waals surface area contributed by atoms with E-state index in [0.717, 1.165) is 11.9 Å². The van der Waals surface area contributed by atoms with Gasteiger partial charge in [0.05, 0.1) is 59.7 Å². The number of halogens is 1. The maximum Gasteiger partial charge on any atom is 0.410 e. The van der Waals surface area contributed by atoms with Crippen molar-refractivity contribution in [1.82, 2.24) is 34.4 Å². The Kier molecular flexibility index (Phi) is 7.40. The first kappa shape index (κ1) is 29.4. The molecule has 2 aliphatic rings. The van der Waals surface area contributed by atoms with E-state index >= 15 is 0 Å². The number of ether oxygens (including phenoxy) is 2. The predicted molar refractivity (Wildman–Crippen MR) is 165 cm³/mol. The van der Waals surface area contributed by atoms with Crippen molar-refractivity contribution in [3.8, 4) is 11.3 Å². The highest BCUT2D eigenvalue weighted by Crippen LogP contribution is 2.39. The molecule has 4 aromatic heterocycles. The normalized spacial score (nSPS) is 17.7. The Morgan fingerprint density at radius 1 is 1.07 bits per heavy atom. The molecule has 2 aliphatic heterocycles. The first-order valence-corrected chi connectivity index (χ1v) is 14.5. The molecule has 2 bridgehead atoms. The van der Waals surface area contributed by atoms with Crippen molar-refractivity contribution in [2.45, 2.75) is 44.9 Å². The molecule has 0 spiro atoms. The fourth-order valence-corrected chi connectivity index (χ4v) is 5.93. The second-order valence-electron chi connectivity index (χ2n) is 11.8. The number of carbonyl (C=O) groups is 2. The van der Waals surface area contributed by atoms with E-state index in [4.69, 9.17) is 21.1 Å². The largest absolute Gasteiger partial charge is 0.464 e. The Labute approximate surface area is 258 Å². The highest BCUT2D eigenvalue weighted by atomic mass is 35.5. The number of rotatable bonds is 6. The lowest BCUT2D eigenvalue weighted by Crippen LogP contribution is -2.50. The summed E-state index contributed by atoms with van der Waals surface area (Å²) in [6.07, 6.45) is 7.16. The number of methoxy groups -OCH3 is 1. The second-order valence-corrected chi connectivity index (χ2v) is 12.2. The molecular weight excluding hydrogens is 588 g/mol. The minimum absolute atomic E-state index is 0.0222. The first-order chi connectivity index (χ1) is 21.0. The van der Waals surface area contributed by atoms with Gasteiger partial charge < -0.3 is 34.5 Å². The average Bonchev–Trinajstić information content (AvgIpc) is 3.70. The van der Waals surface area contributed by atoms with Crippen LogP contribution in [-0.2, 0) is 16.5 Å². The number of piperazine rings is 1. The summed E-state index contributed by atoms with van der Waals surface area (Å²) in [4.78, 5) is 52.3. The van der Waals surface area contributed by atoms with Crippen molar-refractivity contribution in [2.24, 2.45) is 7.05 Å². The Morgan fingerprint density at radius 2 is 1.86 bits per heavy atom. The average molecular weight is 621 g/mol. The third kappa shape index (κ3) is 5.29. The number of pyridine rings is 2. The number of hydrogen-bond donors (Lipinski definition) is 2. The summed E-state index contributed by atoms with van der Waals surface area (Å²) < 4.78 is 12.5. The highest BCUT2D eigenvalue weighted by molar-refractivity contribution is 6.33. The van der Waals surface area contributed by atoms with Crippen molar-refractivity contribution in [1.29, 1.82) is 0 Å². The molecule has 0 unspecified atom stereocenters. The zero-order valence-corrected chi connectivity index (χ0v) is 26.0. The van der Waals surface area contributed by atoms with Gasteiger partial charge in [0, 0.05) is 33.4 Å². The van der Waals surface area contributed by atoms with E-state index in [1.807, 2.05) is 32.4 Å². The monoisotopic (exact) mass is 620 g/mol. The molecule has 14 nitrogen and oxygen atoms in total. The zero-order chi connectivity index (χ0) is 31.3. The molecule has 4 aromatic rings. The van der Waals surface area contributed by atoms with Gasteiger partial charge in [-0.25, -0.2) is 29.5 Å². The van der Waals surface area contributed by atoms with Crippen molar-refractivity contribution < 1.29 is 19.1 Å². The van der Waals surface area contributed by atoms with Gasteiger partial charge in [-0.2, -0.15) is 0 Å². The number of imidazole rings is 1. The molecule has 230 valence electrons. The Balaban J connectivity index is 1.27. The van der Waals surface area contributed by atoms with E-state index in [0.29, 0.717) is 52.2 Å². The van der Waals surface area contributed by atoms with E-state index in [1.54, 1.807) is 42.9 Å².